The van der Waals surface area contributed by atoms with Crippen molar-refractivity contribution in [3.05, 3.63) is 58.3 Å². The number of halogens is 2. The van der Waals surface area contributed by atoms with E-state index in [1.807, 2.05) is 35.2 Å². The molecule has 0 aliphatic carbocycles. The van der Waals surface area contributed by atoms with Crippen molar-refractivity contribution in [3.63, 3.8) is 0 Å². The first kappa shape index (κ1) is 19.3. The van der Waals surface area contributed by atoms with Crippen molar-refractivity contribution in [1.29, 1.82) is 5.26 Å². The van der Waals surface area contributed by atoms with E-state index in [2.05, 4.69) is 26.1 Å². The molecular weight excluding hydrogens is 411 g/mol. The van der Waals surface area contributed by atoms with Gasteiger partial charge in [-0.15, -0.1) is 0 Å². The summed E-state index contributed by atoms with van der Waals surface area (Å²) in [6.45, 7) is 3.61. The average molecular weight is 431 g/mol. The number of hydrogen-bond donors (Lipinski definition) is 1. The third kappa shape index (κ3) is 5.06. The highest BCUT2D eigenvalue weighted by molar-refractivity contribution is 9.10. The molecule has 0 bridgehead atoms. The number of piperazine rings is 1. The first-order chi connectivity index (χ1) is 13.1. The van der Waals surface area contributed by atoms with Crippen molar-refractivity contribution >= 4 is 33.2 Å². The van der Waals surface area contributed by atoms with Crippen LogP contribution in [0.5, 0.6) is 0 Å². The van der Waals surface area contributed by atoms with Gasteiger partial charge in [0.25, 0.3) is 0 Å². The number of hydrogen-bond acceptors (Lipinski definition) is 4. The minimum atomic E-state index is -0.484. The summed E-state index contributed by atoms with van der Waals surface area (Å²) in [7, 11) is 0. The Kier molecular flexibility index (Phi) is 6.43. The zero-order valence-corrected chi connectivity index (χ0v) is 16.4. The zero-order valence-electron chi connectivity index (χ0n) is 14.8. The Hall–Kier alpha value is -2.43. The van der Waals surface area contributed by atoms with Crippen LogP contribution in [0.15, 0.2) is 46.9 Å². The van der Waals surface area contributed by atoms with Gasteiger partial charge in [-0.2, -0.15) is 5.26 Å². The number of carbonyl (C=O) groups is 1. The summed E-state index contributed by atoms with van der Waals surface area (Å²) in [5.74, 6) is -0.501. The van der Waals surface area contributed by atoms with E-state index in [0.29, 0.717) is 31.7 Å². The van der Waals surface area contributed by atoms with Crippen molar-refractivity contribution in [3.8, 4) is 6.07 Å². The van der Waals surface area contributed by atoms with E-state index >= 15 is 0 Å². The smallest absolute Gasteiger partial charge is 0.225 e. The van der Waals surface area contributed by atoms with E-state index in [4.69, 9.17) is 0 Å². The van der Waals surface area contributed by atoms with Gasteiger partial charge in [-0.25, -0.2) is 4.39 Å². The molecule has 1 fully saturated rings. The monoisotopic (exact) mass is 430 g/mol. The molecule has 7 heteroatoms. The van der Waals surface area contributed by atoms with Crippen LogP contribution < -0.4 is 10.2 Å². The van der Waals surface area contributed by atoms with Crippen LogP contribution in [0.1, 0.15) is 12.0 Å². The van der Waals surface area contributed by atoms with Gasteiger partial charge in [0.05, 0.1) is 5.69 Å². The fourth-order valence-electron chi connectivity index (χ4n) is 3.12. The highest BCUT2D eigenvalue weighted by atomic mass is 79.9. The van der Waals surface area contributed by atoms with Crippen LogP contribution in [-0.4, -0.2) is 43.5 Å². The fourth-order valence-corrected chi connectivity index (χ4v) is 3.38. The lowest BCUT2D eigenvalue weighted by molar-refractivity contribution is -0.116. The van der Waals surface area contributed by atoms with Gasteiger partial charge in [0, 0.05) is 49.3 Å². The molecule has 1 saturated heterocycles. The summed E-state index contributed by atoms with van der Waals surface area (Å²) >= 11 is 3.37. The molecule has 1 heterocycles. The first-order valence-corrected chi connectivity index (χ1v) is 9.57. The molecule has 0 aromatic heterocycles. The first-order valence-electron chi connectivity index (χ1n) is 8.78. The molecule has 1 N–H and O–H groups in total. The van der Waals surface area contributed by atoms with Crippen molar-refractivity contribution in [2.24, 2.45) is 0 Å². The van der Waals surface area contributed by atoms with Crippen LogP contribution in [0.25, 0.3) is 0 Å². The lowest BCUT2D eigenvalue weighted by Crippen LogP contribution is -2.47. The Morgan fingerprint density at radius 2 is 1.85 bits per heavy atom. The van der Waals surface area contributed by atoms with Crippen LogP contribution in [0.2, 0.25) is 0 Å². The second-order valence-corrected chi connectivity index (χ2v) is 7.30. The maximum Gasteiger partial charge on any atom is 0.225 e. The lowest BCUT2D eigenvalue weighted by atomic mass is 10.1. The Morgan fingerprint density at radius 1 is 1.15 bits per heavy atom. The molecule has 2 aromatic carbocycles. The normalized spacial score (nSPS) is 14.6. The van der Waals surface area contributed by atoms with Crippen molar-refractivity contribution in [2.45, 2.75) is 6.42 Å². The van der Waals surface area contributed by atoms with Gasteiger partial charge in [0.1, 0.15) is 17.4 Å². The van der Waals surface area contributed by atoms with Gasteiger partial charge >= 0.3 is 0 Å². The Bertz CT molecular complexity index is 842. The molecule has 2 aromatic rings. The minimum Gasteiger partial charge on any atom is -0.368 e. The molecule has 1 amide bonds. The topological polar surface area (TPSA) is 59.4 Å². The largest absolute Gasteiger partial charge is 0.368 e. The third-order valence-electron chi connectivity index (χ3n) is 4.60. The molecule has 3 rings (SSSR count). The number of nitrogens with zero attached hydrogens (tertiary/aromatic N) is 3. The predicted molar refractivity (Wildman–Crippen MR) is 107 cm³/mol. The molecule has 0 saturated carbocycles. The number of nitriles is 1. The van der Waals surface area contributed by atoms with Gasteiger partial charge < -0.3 is 10.2 Å². The highest BCUT2D eigenvalue weighted by Crippen LogP contribution is 2.23. The fraction of sp³-hybridized carbons (Fsp3) is 0.300. The van der Waals surface area contributed by atoms with E-state index < -0.39 is 5.82 Å². The number of anilines is 2. The maximum absolute atomic E-state index is 13.8. The number of benzene rings is 2. The zero-order chi connectivity index (χ0) is 19.2. The lowest BCUT2D eigenvalue weighted by Gasteiger charge is -2.36. The Morgan fingerprint density at radius 3 is 2.52 bits per heavy atom. The van der Waals surface area contributed by atoms with E-state index in [1.54, 1.807) is 12.1 Å². The van der Waals surface area contributed by atoms with E-state index in [1.165, 1.54) is 6.07 Å². The molecule has 0 spiro atoms. The molecule has 5 nitrogen and oxygen atoms in total. The van der Waals surface area contributed by atoms with Crippen LogP contribution in [0, 0.1) is 17.1 Å². The van der Waals surface area contributed by atoms with Gasteiger partial charge in [-0.05, 0) is 36.4 Å². The quantitative estimate of drug-likeness (QED) is 0.786. The summed E-state index contributed by atoms with van der Waals surface area (Å²) in [5.41, 5.74) is 1.52. The predicted octanol–water partition coefficient (Wildman–Crippen LogP) is 3.61. The Labute approximate surface area is 166 Å². The molecule has 0 atom stereocenters. The molecular formula is C20H20BrFN4O. The number of nitrogens with one attached hydrogen (secondary N) is 1. The second kappa shape index (κ2) is 8.98. The van der Waals surface area contributed by atoms with Gasteiger partial charge in [-0.1, -0.05) is 22.0 Å². The number of amides is 1. The highest BCUT2D eigenvalue weighted by Gasteiger charge is 2.21. The van der Waals surface area contributed by atoms with Crippen molar-refractivity contribution in [2.75, 3.05) is 42.9 Å². The average Bonchev–Trinajstić information content (AvgIpc) is 2.68. The van der Waals surface area contributed by atoms with Gasteiger partial charge in [0.15, 0.2) is 0 Å². The van der Waals surface area contributed by atoms with E-state index in [-0.39, 0.29) is 11.5 Å². The van der Waals surface area contributed by atoms with E-state index in [0.717, 1.165) is 23.2 Å². The molecule has 0 radical (unpaired) electrons. The SMILES string of the molecule is N#Cc1c(F)cccc1N1CCN(CCC(=O)Nc2ccc(Br)cc2)CC1. The Balaban J connectivity index is 1.47. The van der Waals surface area contributed by atoms with Crippen LogP contribution >= 0.6 is 15.9 Å². The van der Waals surface area contributed by atoms with Crippen molar-refractivity contribution < 1.29 is 9.18 Å². The van der Waals surface area contributed by atoms with Crippen LogP contribution in [0.3, 0.4) is 0 Å². The minimum absolute atomic E-state index is 0.0170. The number of rotatable bonds is 5. The van der Waals surface area contributed by atoms with Gasteiger partial charge in [0.2, 0.25) is 5.91 Å². The summed E-state index contributed by atoms with van der Waals surface area (Å²) in [6.07, 6.45) is 0.416. The maximum atomic E-state index is 13.8. The van der Waals surface area contributed by atoms with Gasteiger partial charge in [-0.3, -0.25) is 9.69 Å². The molecule has 1 aliphatic heterocycles. The summed E-state index contributed by atoms with van der Waals surface area (Å²) < 4.78 is 14.8. The molecule has 140 valence electrons. The van der Waals surface area contributed by atoms with Crippen molar-refractivity contribution in [1.82, 2.24) is 4.90 Å². The summed E-state index contributed by atoms with van der Waals surface area (Å²) in [5, 5.41) is 12.1. The third-order valence-corrected chi connectivity index (χ3v) is 5.13. The molecule has 27 heavy (non-hydrogen) atoms. The van der Waals surface area contributed by atoms with Crippen LogP contribution in [0.4, 0.5) is 15.8 Å². The number of carbonyl (C=O) groups excluding carboxylic acids is 1. The standard InChI is InChI=1S/C20H20BrFN4O/c21-15-4-6-16(7-5-15)24-20(27)8-9-25-10-12-26(13-11-25)19-3-1-2-18(22)17(19)14-23/h1-7H,8-13H2,(H,24,27). The van der Waals surface area contributed by atoms with Crippen LogP contribution in [-0.2, 0) is 4.79 Å². The summed E-state index contributed by atoms with van der Waals surface area (Å²) in [6, 6.07) is 14.1. The molecule has 0 unspecified atom stereocenters. The molecule has 1 aliphatic rings. The van der Waals surface area contributed by atoms with E-state index in [9.17, 15) is 14.4 Å². The second-order valence-electron chi connectivity index (χ2n) is 6.38. The summed E-state index contributed by atoms with van der Waals surface area (Å²) in [4.78, 5) is 16.3.